The van der Waals surface area contributed by atoms with Gasteiger partial charge in [-0.05, 0) is 34.1 Å². The highest BCUT2D eigenvalue weighted by atomic mass is 79.9. The highest BCUT2D eigenvalue weighted by molar-refractivity contribution is 9.10. The van der Waals surface area contributed by atoms with Crippen LogP contribution in [0.2, 0.25) is 5.02 Å². The lowest BCUT2D eigenvalue weighted by atomic mass is 10.3. The summed E-state index contributed by atoms with van der Waals surface area (Å²) in [4.78, 5) is 11.2. The Balaban J connectivity index is 2.46. The number of carbonyl (C=O) groups excluding carboxylic acids is 1. The molecule has 0 saturated carbocycles. The van der Waals surface area contributed by atoms with Gasteiger partial charge in [-0.1, -0.05) is 11.6 Å². The molecule has 0 aliphatic carbocycles. The molecule has 0 unspecified atom stereocenters. The molecule has 0 heterocycles. The smallest absolute Gasteiger partial charge is 0.240 e. The van der Waals surface area contributed by atoms with Gasteiger partial charge in [0.05, 0.1) is 17.6 Å². The summed E-state index contributed by atoms with van der Waals surface area (Å²) in [7, 11) is 0. The molecule has 2 N–H and O–H groups in total. The molecule has 0 aromatic heterocycles. The molecule has 0 aliphatic rings. The van der Waals surface area contributed by atoms with Crippen LogP contribution >= 0.6 is 27.5 Å². The minimum atomic E-state index is -0.236. The summed E-state index contributed by atoms with van der Waals surface area (Å²) in [5.74, 6) is -0.236. The zero-order valence-corrected chi connectivity index (χ0v) is 10.6. The molecular formula is C10H9BrClN3O. The van der Waals surface area contributed by atoms with E-state index in [1.807, 2.05) is 6.07 Å². The summed E-state index contributed by atoms with van der Waals surface area (Å²) >= 11 is 9.15. The Kier molecular flexibility index (Phi) is 5.09. The lowest BCUT2D eigenvalue weighted by Crippen LogP contribution is -2.29. The molecule has 84 valence electrons. The molecule has 0 atom stereocenters. The Bertz CT molecular complexity index is 431. The maximum absolute atomic E-state index is 11.2. The molecule has 1 rings (SSSR count). The van der Waals surface area contributed by atoms with Crippen LogP contribution in [0.5, 0.6) is 0 Å². The number of anilines is 1. The van der Waals surface area contributed by atoms with Crippen LogP contribution in [-0.4, -0.2) is 19.0 Å². The number of benzene rings is 1. The summed E-state index contributed by atoms with van der Waals surface area (Å²) in [6.07, 6.45) is 0. The molecule has 0 spiro atoms. The molecule has 0 aliphatic heterocycles. The standard InChI is InChI=1S/C10H9BrClN3O/c11-8-2-1-7(5-9(8)12)15-6-10(16)14-4-3-13/h1-2,5,15H,4,6H2,(H,14,16). The minimum absolute atomic E-state index is 0.0155. The number of halogens is 2. The lowest BCUT2D eigenvalue weighted by molar-refractivity contribution is -0.119. The van der Waals surface area contributed by atoms with E-state index in [-0.39, 0.29) is 19.0 Å². The second-order valence-electron chi connectivity index (χ2n) is 2.92. The van der Waals surface area contributed by atoms with E-state index in [4.69, 9.17) is 16.9 Å². The molecule has 16 heavy (non-hydrogen) atoms. The van der Waals surface area contributed by atoms with Crippen molar-refractivity contribution in [3.63, 3.8) is 0 Å². The maximum atomic E-state index is 11.2. The van der Waals surface area contributed by atoms with Crippen molar-refractivity contribution in [2.45, 2.75) is 0 Å². The Hall–Kier alpha value is -1.25. The van der Waals surface area contributed by atoms with E-state index in [0.717, 1.165) is 10.2 Å². The van der Waals surface area contributed by atoms with Gasteiger partial charge in [-0.3, -0.25) is 4.79 Å². The van der Waals surface area contributed by atoms with Gasteiger partial charge in [-0.2, -0.15) is 5.26 Å². The second-order valence-corrected chi connectivity index (χ2v) is 4.18. The predicted octanol–water partition coefficient (Wildman–Crippen LogP) is 2.15. The molecule has 0 bridgehead atoms. The van der Waals surface area contributed by atoms with E-state index in [2.05, 4.69) is 26.6 Å². The number of amides is 1. The molecule has 1 aromatic rings. The average molecular weight is 303 g/mol. The van der Waals surface area contributed by atoms with Crippen LogP contribution in [0, 0.1) is 11.3 Å². The maximum Gasteiger partial charge on any atom is 0.240 e. The van der Waals surface area contributed by atoms with Crippen LogP contribution in [0.3, 0.4) is 0 Å². The quantitative estimate of drug-likeness (QED) is 0.838. The Morgan fingerprint density at radius 2 is 2.31 bits per heavy atom. The highest BCUT2D eigenvalue weighted by Gasteiger charge is 2.02. The summed E-state index contributed by atoms with van der Waals surface area (Å²) in [6, 6.07) is 7.13. The monoisotopic (exact) mass is 301 g/mol. The van der Waals surface area contributed by atoms with E-state index in [9.17, 15) is 4.79 Å². The predicted molar refractivity (Wildman–Crippen MR) is 66.3 cm³/mol. The van der Waals surface area contributed by atoms with Crippen molar-refractivity contribution in [1.82, 2.24) is 5.32 Å². The van der Waals surface area contributed by atoms with E-state index >= 15 is 0 Å². The van der Waals surface area contributed by atoms with Crippen LogP contribution in [0.1, 0.15) is 0 Å². The molecule has 1 amide bonds. The number of carbonyl (C=O) groups is 1. The summed E-state index contributed by atoms with van der Waals surface area (Å²) in [6.45, 7) is 0.126. The molecular weight excluding hydrogens is 293 g/mol. The van der Waals surface area contributed by atoms with Gasteiger partial charge in [0.1, 0.15) is 6.54 Å². The van der Waals surface area contributed by atoms with Gasteiger partial charge in [0.15, 0.2) is 0 Å². The molecule has 0 radical (unpaired) electrons. The van der Waals surface area contributed by atoms with E-state index < -0.39 is 0 Å². The van der Waals surface area contributed by atoms with Crippen molar-refractivity contribution >= 4 is 39.1 Å². The van der Waals surface area contributed by atoms with Gasteiger partial charge in [-0.25, -0.2) is 0 Å². The molecule has 4 nitrogen and oxygen atoms in total. The number of nitriles is 1. The Morgan fingerprint density at radius 1 is 1.56 bits per heavy atom. The lowest BCUT2D eigenvalue weighted by Gasteiger charge is -2.06. The summed E-state index contributed by atoms with van der Waals surface area (Å²) < 4.78 is 0.800. The number of nitrogens with zero attached hydrogens (tertiary/aromatic N) is 1. The third kappa shape index (κ3) is 4.09. The third-order valence-corrected chi connectivity index (χ3v) is 2.97. The van der Waals surface area contributed by atoms with E-state index in [1.165, 1.54) is 0 Å². The summed E-state index contributed by atoms with van der Waals surface area (Å²) in [5, 5.41) is 14.1. The SMILES string of the molecule is N#CCNC(=O)CNc1ccc(Br)c(Cl)c1. The normalized spacial score (nSPS) is 9.31. The molecule has 6 heteroatoms. The Morgan fingerprint density at radius 3 is 2.94 bits per heavy atom. The zero-order chi connectivity index (χ0) is 12.0. The largest absolute Gasteiger partial charge is 0.376 e. The number of rotatable bonds is 4. The van der Waals surface area contributed by atoms with Gasteiger partial charge in [0, 0.05) is 10.2 Å². The molecule has 0 fully saturated rings. The first-order valence-corrected chi connectivity index (χ1v) is 5.63. The van der Waals surface area contributed by atoms with Crippen molar-refractivity contribution in [3.8, 4) is 6.07 Å². The van der Waals surface area contributed by atoms with Crippen LogP contribution in [-0.2, 0) is 4.79 Å². The highest BCUT2D eigenvalue weighted by Crippen LogP contribution is 2.25. The number of hydrogen-bond donors (Lipinski definition) is 2. The van der Waals surface area contributed by atoms with Gasteiger partial charge in [-0.15, -0.1) is 0 Å². The van der Waals surface area contributed by atoms with Crippen LogP contribution < -0.4 is 10.6 Å². The van der Waals surface area contributed by atoms with Gasteiger partial charge >= 0.3 is 0 Å². The van der Waals surface area contributed by atoms with Crippen molar-refractivity contribution in [2.24, 2.45) is 0 Å². The van der Waals surface area contributed by atoms with Crippen molar-refractivity contribution in [3.05, 3.63) is 27.7 Å². The molecule has 1 aromatic carbocycles. The first-order valence-electron chi connectivity index (χ1n) is 4.46. The van der Waals surface area contributed by atoms with Crippen LogP contribution in [0.15, 0.2) is 22.7 Å². The van der Waals surface area contributed by atoms with Crippen molar-refractivity contribution in [1.29, 1.82) is 5.26 Å². The average Bonchev–Trinajstić information content (AvgIpc) is 2.28. The van der Waals surface area contributed by atoms with E-state index in [0.29, 0.717) is 5.02 Å². The summed E-state index contributed by atoms with van der Waals surface area (Å²) in [5.41, 5.74) is 0.750. The first-order chi connectivity index (χ1) is 7.63. The van der Waals surface area contributed by atoms with E-state index in [1.54, 1.807) is 18.2 Å². The van der Waals surface area contributed by atoms with Gasteiger partial charge < -0.3 is 10.6 Å². The van der Waals surface area contributed by atoms with Gasteiger partial charge in [0.25, 0.3) is 0 Å². The molecule has 0 saturated heterocycles. The minimum Gasteiger partial charge on any atom is -0.376 e. The topological polar surface area (TPSA) is 64.9 Å². The Labute approximate surface area is 107 Å². The van der Waals surface area contributed by atoms with Gasteiger partial charge in [0.2, 0.25) is 5.91 Å². The third-order valence-electron chi connectivity index (χ3n) is 1.74. The van der Waals surface area contributed by atoms with Crippen LogP contribution in [0.4, 0.5) is 5.69 Å². The van der Waals surface area contributed by atoms with Crippen LogP contribution in [0.25, 0.3) is 0 Å². The fourth-order valence-electron chi connectivity index (χ4n) is 0.989. The second kappa shape index (κ2) is 6.36. The number of hydrogen-bond acceptors (Lipinski definition) is 3. The number of nitrogens with one attached hydrogen (secondary N) is 2. The fourth-order valence-corrected chi connectivity index (χ4v) is 1.42. The first kappa shape index (κ1) is 12.8. The zero-order valence-electron chi connectivity index (χ0n) is 8.26. The van der Waals surface area contributed by atoms with Crippen molar-refractivity contribution in [2.75, 3.05) is 18.4 Å². The van der Waals surface area contributed by atoms with Crippen molar-refractivity contribution < 1.29 is 4.79 Å². The fraction of sp³-hybridized carbons (Fsp3) is 0.200.